The number of hydrogen-bond donors (Lipinski definition) is 0. The van der Waals surface area contributed by atoms with E-state index in [0.717, 1.165) is 24.1 Å². The van der Waals surface area contributed by atoms with E-state index in [1.165, 1.54) is 11.3 Å². The van der Waals surface area contributed by atoms with Gasteiger partial charge >= 0.3 is 0 Å². The lowest BCUT2D eigenvalue weighted by atomic mass is 10.1. The van der Waals surface area contributed by atoms with E-state index < -0.39 is 5.09 Å². The normalized spacial score (nSPS) is 12.3. The summed E-state index contributed by atoms with van der Waals surface area (Å²) in [5, 5.41) is 9.57. The van der Waals surface area contributed by atoms with Gasteiger partial charge in [0.05, 0.1) is 5.51 Å². The van der Waals surface area contributed by atoms with Crippen LogP contribution in [0.5, 0.6) is 0 Å². The summed E-state index contributed by atoms with van der Waals surface area (Å²) in [6, 6.07) is 0. The molecular weight excluding hydrogens is 216 g/mol. The lowest BCUT2D eigenvalue weighted by Crippen LogP contribution is -2.19. The van der Waals surface area contributed by atoms with Crippen LogP contribution in [0.25, 0.3) is 0 Å². The van der Waals surface area contributed by atoms with Gasteiger partial charge in [0.25, 0.3) is 5.09 Å². The largest absolute Gasteiger partial charge is 0.310 e. The minimum atomic E-state index is -0.707. The quantitative estimate of drug-likeness (QED) is 0.533. The Kier molecular flexibility index (Phi) is 5.03. The van der Waals surface area contributed by atoms with Crippen LogP contribution in [0.1, 0.15) is 31.1 Å². The topological polar surface area (TPSA) is 65.3 Å². The van der Waals surface area contributed by atoms with E-state index in [0.29, 0.717) is 6.42 Å². The molecule has 0 saturated carbocycles. The Labute approximate surface area is 92.2 Å². The lowest BCUT2D eigenvalue weighted by Gasteiger charge is -2.12. The number of aromatic nitrogens is 1. The number of unbranched alkanes of at least 4 members (excludes halogenated alkanes) is 1. The zero-order valence-electron chi connectivity index (χ0n) is 8.59. The van der Waals surface area contributed by atoms with Crippen LogP contribution in [-0.4, -0.2) is 16.2 Å². The van der Waals surface area contributed by atoms with E-state index in [9.17, 15) is 10.1 Å². The van der Waals surface area contributed by atoms with Gasteiger partial charge in [-0.1, -0.05) is 19.8 Å². The van der Waals surface area contributed by atoms with Gasteiger partial charge in [0.2, 0.25) is 0 Å². The van der Waals surface area contributed by atoms with Gasteiger partial charge in [-0.3, -0.25) is 4.98 Å². The minimum absolute atomic E-state index is 0.333. The van der Waals surface area contributed by atoms with Crippen LogP contribution >= 0.6 is 11.3 Å². The molecule has 0 aliphatic carbocycles. The van der Waals surface area contributed by atoms with Gasteiger partial charge in [-0.05, 0) is 6.42 Å². The zero-order valence-corrected chi connectivity index (χ0v) is 9.40. The minimum Gasteiger partial charge on any atom is -0.310 e. The van der Waals surface area contributed by atoms with Crippen LogP contribution in [0.4, 0.5) is 0 Å². The van der Waals surface area contributed by atoms with Crippen LogP contribution in [0.2, 0.25) is 0 Å². The van der Waals surface area contributed by atoms with Gasteiger partial charge in [-0.15, -0.1) is 21.5 Å². The Balaban J connectivity index is 2.44. The first-order valence-electron chi connectivity index (χ1n) is 4.91. The van der Waals surface area contributed by atoms with Crippen LogP contribution in [-0.2, 0) is 11.3 Å². The first-order valence-corrected chi connectivity index (χ1v) is 5.79. The molecule has 0 aliphatic rings. The van der Waals surface area contributed by atoms with Gasteiger partial charge in [0.15, 0.2) is 0 Å². The fourth-order valence-electron chi connectivity index (χ4n) is 1.31. The standard InChI is InChI=1S/C9H14N2O3S/c1-2-3-4-8(14-11(12)13)5-9-6-10-7-15-9/h6-8H,2-5H2,1H3. The molecule has 15 heavy (non-hydrogen) atoms. The smallest absolute Gasteiger partial charge is 0.294 e. The molecule has 0 aliphatic heterocycles. The Morgan fingerprint density at radius 3 is 3.07 bits per heavy atom. The third-order valence-electron chi connectivity index (χ3n) is 2.03. The van der Waals surface area contributed by atoms with Gasteiger partial charge in [-0.25, -0.2) is 0 Å². The van der Waals surface area contributed by atoms with Crippen molar-refractivity contribution < 1.29 is 9.92 Å². The lowest BCUT2D eigenvalue weighted by molar-refractivity contribution is -0.768. The molecule has 0 amide bonds. The summed E-state index contributed by atoms with van der Waals surface area (Å²) in [6.45, 7) is 2.05. The number of hydrogen-bond acceptors (Lipinski definition) is 5. The number of thiazole rings is 1. The molecule has 1 heterocycles. The van der Waals surface area contributed by atoms with Gasteiger partial charge in [0, 0.05) is 17.5 Å². The summed E-state index contributed by atoms with van der Waals surface area (Å²) in [7, 11) is 0. The fourth-order valence-corrected chi connectivity index (χ4v) is 1.97. The average molecular weight is 230 g/mol. The predicted molar refractivity (Wildman–Crippen MR) is 57.2 cm³/mol. The molecule has 84 valence electrons. The average Bonchev–Trinajstić information content (AvgIpc) is 2.66. The molecule has 0 aromatic carbocycles. The maximum Gasteiger partial charge on any atom is 0.294 e. The van der Waals surface area contributed by atoms with E-state index in [1.54, 1.807) is 11.7 Å². The van der Waals surface area contributed by atoms with E-state index in [4.69, 9.17) is 0 Å². The third-order valence-corrected chi connectivity index (χ3v) is 2.83. The van der Waals surface area contributed by atoms with Crippen LogP contribution < -0.4 is 0 Å². The van der Waals surface area contributed by atoms with Crippen molar-refractivity contribution in [1.82, 2.24) is 4.98 Å². The van der Waals surface area contributed by atoms with Gasteiger partial charge in [-0.2, -0.15) is 0 Å². The summed E-state index contributed by atoms with van der Waals surface area (Å²) in [5.41, 5.74) is 1.72. The highest BCUT2D eigenvalue weighted by Crippen LogP contribution is 2.15. The van der Waals surface area contributed by atoms with E-state index in [1.807, 2.05) is 0 Å². The van der Waals surface area contributed by atoms with Crippen LogP contribution in [0.15, 0.2) is 11.7 Å². The van der Waals surface area contributed by atoms with Crippen molar-refractivity contribution in [1.29, 1.82) is 0 Å². The highest BCUT2D eigenvalue weighted by molar-refractivity contribution is 7.09. The number of rotatable bonds is 7. The molecular formula is C9H14N2O3S. The zero-order chi connectivity index (χ0) is 11.1. The van der Waals surface area contributed by atoms with Crippen molar-refractivity contribution in [2.75, 3.05) is 0 Å². The summed E-state index contributed by atoms with van der Waals surface area (Å²) in [6.07, 6.45) is 4.64. The second-order valence-corrected chi connectivity index (χ2v) is 4.24. The van der Waals surface area contributed by atoms with Crippen molar-refractivity contribution in [2.45, 2.75) is 38.7 Å². The third kappa shape index (κ3) is 4.73. The molecule has 0 saturated heterocycles. The van der Waals surface area contributed by atoms with Gasteiger partial charge in [0.1, 0.15) is 6.10 Å². The van der Waals surface area contributed by atoms with Crippen molar-refractivity contribution in [3.63, 3.8) is 0 Å². The van der Waals surface area contributed by atoms with E-state index in [-0.39, 0.29) is 6.10 Å². The van der Waals surface area contributed by atoms with Gasteiger partial charge < -0.3 is 4.84 Å². The van der Waals surface area contributed by atoms with Crippen molar-refractivity contribution in [3.05, 3.63) is 26.7 Å². The summed E-state index contributed by atoms with van der Waals surface area (Å²) in [4.78, 5) is 19.9. The second kappa shape index (κ2) is 6.34. The maximum atomic E-state index is 10.3. The molecule has 1 unspecified atom stereocenters. The molecule has 0 spiro atoms. The molecule has 1 atom stereocenters. The first-order chi connectivity index (χ1) is 7.22. The van der Waals surface area contributed by atoms with Crippen LogP contribution in [0, 0.1) is 10.1 Å². The maximum absolute atomic E-state index is 10.3. The Hall–Kier alpha value is -1.17. The monoisotopic (exact) mass is 230 g/mol. The highest BCUT2D eigenvalue weighted by atomic mass is 32.1. The highest BCUT2D eigenvalue weighted by Gasteiger charge is 2.14. The first kappa shape index (κ1) is 11.9. The van der Waals surface area contributed by atoms with E-state index in [2.05, 4.69) is 16.7 Å². The molecule has 1 rings (SSSR count). The molecule has 0 bridgehead atoms. The Bertz CT molecular complexity index is 290. The molecule has 0 radical (unpaired) electrons. The number of nitrogens with zero attached hydrogens (tertiary/aromatic N) is 2. The molecule has 0 N–H and O–H groups in total. The molecule has 1 aromatic heterocycles. The summed E-state index contributed by atoms with van der Waals surface area (Å²) < 4.78 is 0. The summed E-state index contributed by atoms with van der Waals surface area (Å²) >= 11 is 1.50. The second-order valence-electron chi connectivity index (χ2n) is 3.27. The fraction of sp³-hybridized carbons (Fsp3) is 0.667. The Morgan fingerprint density at radius 2 is 2.53 bits per heavy atom. The van der Waals surface area contributed by atoms with Crippen molar-refractivity contribution >= 4 is 11.3 Å². The molecule has 0 fully saturated rings. The van der Waals surface area contributed by atoms with Crippen LogP contribution in [0.3, 0.4) is 0 Å². The molecule has 1 aromatic rings. The Morgan fingerprint density at radius 1 is 1.73 bits per heavy atom. The molecule has 5 nitrogen and oxygen atoms in total. The molecule has 6 heteroatoms. The summed E-state index contributed by atoms with van der Waals surface area (Å²) in [5.74, 6) is 0. The van der Waals surface area contributed by atoms with Crippen molar-refractivity contribution in [3.8, 4) is 0 Å². The SMILES string of the molecule is CCCCC(Cc1cncs1)O[N+](=O)[O-]. The van der Waals surface area contributed by atoms with E-state index >= 15 is 0 Å². The predicted octanol–water partition coefficient (Wildman–Crippen LogP) is 2.45. The van der Waals surface area contributed by atoms with Crippen molar-refractivity contribution in [2.24, 2.45) is 0 Å².